The summed E-state index contributed by atoms with van der Waals surface area (Å²) in [5.41, 5.74) is 0. The van der Waals surface area contributed by atoms with Crippen molar-refractivity contribution in [1.29, 1.82) is 0 Å². The molecule has 4 amide bonds. The minimum Gasteiger partial charge on any atom is -0.338 e. The van der Waals surface area contributed by atoms with Crippen molar-refractivity contribution in [3.63, 3.8) is 0 Å². The molecule has 0 radical (unpaired) electrons. The van der Waals surface area contributed by atoms with Crippen molar-refractivity contribution in [2.75, 3.05) is 45.8 Å². The van der Waals surface area contributed by atoms with Crippen molar-refractivity contribution in [1.82, 2.24) is 20.0 Å². The maximum absolute atomic E-state index is 12.5. The third-order valence-corrected chi connectivity index (χ3v) is 5.48. The lowest BCUT2D eigenvalue weighted by molar-refractivity contribution is 0.113. The molecule has 3 fully saturated rings. The van der Waals surface area contributed by atoms with E-state index in [2.05, 4.69) is 5.32 Å². The Balaban J connectivity index is 1.38. The number of piperidine rings is 1. The summed E-state index contributed by atoms with van der Waals surface area (Å²) in [4.78, 5) is 30.4. The third kappa shape index (κ3) is 4.30. The Morgan fingerprint density at radius 1 is 0.739 bits per heavy atom. The summed E-state index contributed by atoms with van der Waals surface area (Å²) in [5, 5.41) is 3.07. The Kier molecular flexibility index (Phi) is 5.62. The highest BCUT2D eigenvalue weighted by Crippen LogP contribution is 2.23. The molecule has 0 aromatic carbocycles. The van der Waals surface area contributed by atoms with Crippen LogP contribution in [0.25, 0.3) is 0 Å². The van der Waals surface area contributed by atoms with Gasteiger partial charge in [-0.2, -0.15) is 0 Å². The first-order valence-electron chi connectivity index (χ1n) is 9.30. The minimum atomic E-state index is 0.0435. The highest BCUT2D eigenvalue weighted by atomic mass is 16.2. The standard InChI is InChI=1S/C17H30N4O2/c22-16(18-14-15-6-2-3-7-15)19-10-12-21(13-11-19)17(23)20-8-4-1-5-9-20/h15H,1-14H2,(H,18,22). The van der Waals surface area contributed by atoms with Crippen LogP contribution in [0.3, 0.4) is 0 Å². The molecule has 3 aliphatic rings. The van der Waals surface area contributed by atoms with E-state index in [1.54, 1.807) is 0 Å². The van der Waals surface area contributed by atoms with Gasteiger partial charge in [0.2, 0.25) is 0 Å². The maximum atomic E-state index is 12.5. The molecular formula is C17H30N4O2. The molecule has 1 N–H and O–H groups in total. The number of hydrogen-bond donors (Lipinski definition) is 1. The van der Waals surface area contributed by atoms with Crippen LogP contribution in [0.1, 0.15) is 44.9 Å². The number of rotatable bonds is 2. The van der Waals surface area contributed by atoms with Gasteiger partial charge >= 0.3 is 12.1 Å². The number of hydrogen-bond acceptors (Lipinski definition) is 2. The van der Waals surface area contributed by atoms with Crippen molar-refractivity contribution in [3.8, 4) is 0 Å². The van der Waals surface area contributed by atoms with Gasteiger partial charge in [-0.05, 0) is 38.0 Å². The van der Waals surface area contributed by atoms with Gasteiger partial charge in [-0.15, -0.1) is 0 Å². The first-order chi connectivity index (χ1) is 11.2. The average Bonchev–Trinajstić information content (AvgIpc) is 3.13. The fraction of sp³-hybridized carbons (Fsp3) is 0.882. The van der Waals surface area contributed by atoms with Crippen molar-refractivity contribution in [2.24, 2.45) is 5.92 Å². The topological polar surface area (TPSA) is 55.9 Å². The van der Waals surface area contributed by atoms with E-state index >= 15 is 0 Å². The Bertz CT molecular complexity index is 409. The molecule has 6 heteroatoms. The van der Waals surface area contributed by atoms with Gasteiger partial charge in [0.05, 0.1) is 0 Å². The van der Waals surface area contributed by atoms with Crippen molar-refractivity contribution in [2.45, 2.75) is 44.9 Å². The molecule has 23 heavy (non-hydrogen) atoms. The van der Waals surface area contributed by atoms with E-state index in [0.717, 1.165) is 32.5 Å². The fourth-order valence-corrected chi connectivity index (χ4v) is 3.94. The number of carbonyl (C=O) groups excluding carboxylic acids is 2. The van der Waals surface area contributed by atoms with Gasteiger partial charge in [-0.1, -0.05) is 12.8 Å². The summed E-state index contributed by atoms with van der Waals surface area (Å²) in [7, 11) is 0. The number of piperazine rings is 1. The van der Waals surface area contributed by atoms with Gasteiger partial charge < -0.3 is 20.0 Å². The molecule has 2 heterocycles. The van der Waals surface area contributed by atoms with Crippen LogP contribution in [0, 0.1) is 5.92 Å². The van der Waals surface area contributed by atoms with E-state index in [-0.39, 0.29) is 12.1 Å². The van der Waals surface area contributed by atoms with Gasteiger partial charge in [0.15, 0.2) is 0 Å². The van der Waals surface area contributed by atoms with Crippen LogP contribution in [0.15, 0.2) is 0 Å². The van der Waals surface area contributed by atoms with Gasteiger partial charge in [0, 0.05) is 45.8 Å². The zero-order valence-electron chi connectivity index (χ0n) is 14.1. The maximum Gasteiger partial charge on any atom is 0.320 e. The molecule has 0 spiro atoms. The summed E-state index contributed by atoms with van der Waals surface area (Å²) < 4.78 is 0. The normalized spacial score (nSPS) is 23.2. The molecule has 130 valence electrons. The largest absolute Gasteiger partial charge is 0.338 e. The summed E-state index contributed by atoms with van der Waals surface area (Å²) >= 11 is 0. The van der Waals surface area contributed by atoms with E-state index in [9.17, 15) is 9.59 Å². The summed E-state index contributed by atoms with van der Waals surface area (Å²) in [5.74, 6) is 0.668. The molecule has 0 bridgehead atoms. The van der Waals surface area contributed by atoms with Gasteiger partial charge in [-0.25, -0.2) is 9.59 Å². The fourth-order valence-electron chi connectivity index (χ4n) is 3.94. The molecule has 2 saturated heterocycles. The molecule has 3 rings (SSSR count). The molecule has 0 unspecified atom stereocenters. The van der Waals surface area contributed by atoms with E-state index in [1.165, 1.54) is 32.1 Å². The summed E-state index contributed by atoms with van der Waals surface area (Å²) in [6, 6.07) is 0.206. The quantitative estimate of drug-likeness (QED) is 0.846. The molecule has 6 nitrogen and oxygen atoms in total. The van der Waals surface area contributed by atoms with Gasteiger partial charge in [0.25, 0.3) is 0 Å². The second-order valence-corrected chi connectivity index (χ2v) is 7.14. The Morgan fingerprint density at radius 3 is 1.96 bits per heavy atom. The lowest BCUT2D eigenvalue weighted by Crippen LogP contribution is -2.56. The first-order valence-corrected chi connectivity index (χ1v) is 9.30. The lowest BCUT2D eigenvalue weighted by atomic mass is 10.1. The Labute approximate surface area is 139 Å². The SMILES string of the molecule is O=C(NCC1CCCC1)N1CCN(C(=O)N2CCCCC2)CC1. The second-order valence-electron chi connectivity index (χ2n) is 7.14. The van der Waals surface area contributed by atoms with Crippen molar-refractivity contribution < 1.29 is 9.59 Å². The van der Waals surface area contributed by atoms with Crippen LogP contribution in [0.2, 0.25) is 0 Å². The molecule has 2 aliphatic heterocycles. The number of nitrogens with zero attached hydrogens (tertiary/aromatic N) is 3. The van der Waals surface area contributed by atoms with Crippen LogP contribution >= 0.6 is 0 Å². The van der Waals surface area contributed by atoms with E-state index in [0.29, 0.717) is 32.1 Å². The number of amides is 4. The molecule has 0 aromatic rings. The molecular weight excluding hydrogens is 292 g/mol. The summed E-state index contributed by atoms with van der Waals surface area (Å²) in [6.07, 6.45) is 8.58. The monoisotopic (exact) mass is 322 g/mol. The molecule has 0 atom stereocenters. The predicted octanol–water partition coefficient (Wildman–Crippen LogP) is 2.11. The third-order valence-electron chi connectivity index (χ3n) is 5.48. The lowest BCUT2D eigenvalue weighted by Gasteiger charge is -2.38. The number of carbonyl (C=O) groups is 2. The molecule has 0 aromatic heterocycles. The molecule has 1 aliphatic carbocycles. The second kappa shape index (κ2) is 7.88. The van der Waals surface area contributed by atoms with E-state index in [1.807, 2.05) is 14.7 Å². The van der Waals surface area contributed by atoms with E-state index < -0.39 is 0 Å². The summed E-state index contributed by atoms with van der Waals surface area (Å²) in [6.45, 7) is 5.21. The Morgan fingerprint density at radius 2 is 1.30 bits per heavy atom. The van der Waals surface area contributed by atoms with Crippen LogP contribution in [-0.2, 0) is 0 Å². The van der Waals surface area contributed by atoms with Crippen LogP contribution < -0.4 is 5.32 Å². The predicted molar refractivity (Wildman–Crippen MR) is 89.3 cm³/mol. The van der Waals surface area contributed by atoms with E-state index in [4.69, 9.17) is 0 Å². The van der Waals surface area contributed by atoms with Crippen LogP contribution in [0.4, 0.5) is 9.59 Å². The smallest absolute Gasteiger partial charge is 0.320 e. The number of likely N-dealkylation sites (tertiary alicyclic amines) is 1. The van der Waals surface area contributed by atoms with Crippen LogP contribution in [0.5, 0.6) is 0 Å². The highest BCUT2D eigenvalue weighted by Gasteiger charge is 2.28. The average molecular weight is 322 g/mol. The van der Waals surface area contributed by atoms with Gasteiger partial charge in [-0.3, -0.25) is 0 Å². The van der Waals surface area contributed by atoms with Crippen molar-refractivity contribution in [3.05, 3.63) is 0 Å². The Hall–Kier alpha value is -1.46. The molecule has 1 saturated carbocycles. The van der Waals surface area contributed by atoms with Gasteiger partial charge in [0.1, 0.15) is 0 Å². The van der Waals surface area contributed by atoms with Crippen LogP contribution in [-0.4, -0.2) is 72.6 Å². The minimum absolute atomic E-state index is 0.0435. The number of urea groups is 2. The first kappa shape index (κ1) is 16.4. The van der Waals surface area contributed by atoms with Crippen molar-refractivity contribution >= 4 is 12.1 Å². The highest BCUT2D eigenvalue weighted by molar-refractivity contribution is 5.76. The zero-order chi connectivity index (χ0) is 16.1. The number of nitrogens with one attached hydrogen (secondary N) is 1. The zero-order valence-corrected chi connectivity index (χ0v) is 14.1.